The fourth-order valence-corrected chi connectivity index (χ4v) is 6.56. The van der Waals surface area contributed by atoms with Gasteiger partial charge >= 0.3 is 6.09 Å². The number of likely N-dealkylation sites (tertiary alicyclic amines) is 1. The molecule has 0 radical (unpaired) electrons. The molecule has 1 aliphatic heterocycles. The van der Waals surface area contributed by atoms with E-state index < -0.39 is 24.3 Å². The van der Waals surface area contributed by atoms with Crippen LogP contribution >= 0.6 is 11.3 Å². The highest BCUT2D eigenvalue weighted by molar-refractivity contribution is 7.10. The number of carbonyl (C=O) groups is 2. The number of ether oxygens (including phenoxy) is 1. The van der Waals surface area contributed by atoms with E-state index in [0.717, 1.165) is 23.5 Å². The van der Waals surface area contributed by atoms with E-state index in [1.807, 2.05) is 0 Å². The van der Waals surface area contributed by atoms with Crippen molar-refractivity contribution in [2.75, 3.05) is 19.7 Å². The van der Waals surface area contributed by atoms with Crippen LogP contribution in [-0.4, -0.2) is 58.3 Å². The van der Waals surface area contributed by atoms with Crippen LogP contribution in [0.5, 0.6) is 0 Å². The van der Waals surface area contributed by atoms with Crippen LogP contribution in [0.1, 0.15) is 96.2 Å². The molecule has 1 aromatic carbocycles. The van der Waals surface area contributed by atoms with E-state index in [1.165, 1.54) is 29.5 Å². The molecule has 2 aliphatic rings. The lowest BCUT2D eigenvalue weighted by molar-refractivity contribution is -0.135. The van der Waals surface area contributed by atoms with Crippen LogP contribution in [0.3, 0.4) is 0 Å². The molecule has 2 heterocycles. The van der Waals surface area contributed by atoms with Gasteiger partial charge in [-0.05, 0) is 74.5 Å². The lowest BCUT2D eigenvalue weighted by Crippen LogP contribution is -2.53. The van der Waals surface area contributed by atoms with Gasteiger partial charge in [-0.1, -0.05) is 39.8 Å². The molecular formula is C30H43N3O4S. The molecule has 2 amide bonds. The van der Waals surface area contributed by atoms with Crippen molar-refractivity contribution >= 4 is 23.3 Å². The van der Waals surface area contributed by atoms with Crippen LogP contribution in [0, 0.1) is 0 Å². The van der Waals surface area contributed by atoms with Crippen LogP contribution in [0.15, 0.2) is 23.6 Å². The molecule has 2 aromatic rings. The predicted octanol–water partition coefficient (Wildman–Crippen LogP) is 5.75. The number of hydrogen-bond acceptors (Lipinski definition) is 6. The zero-order valence-corrected chi connectivity index (χ0v) is 24.7. The molecule has 0 saturated carbocycles. The van der Waals surface area contributed by atoms with Crippen LogP contribution in [0.4, 0.5) is 4.79 Å². The summed E-state index contributed by atoms with van der Waals surface area (Å²) in [4.78, 5) is 31.8. The Labute approximate surface area is 231 Å². The van der Waals surface area contributed by atoms with E-state index >= 15 is 0 Å². The molecule has 0 unspecified atom stereocenters. The average molecular weight is 542 g/mol. The number of piperidine rings is 1. The van der Waals surface area contributed by atoms with E-state index in [-0.39, 0.29) is 22.7 Å². The lowest BCUT2D eigenvalue weighted by Gasteiger charge is -2.42. The van der Waals surface area contributed by atoms with Gasteiger partial charge in [-0.15, -0.1) is 11.3 Å². The number of aliphatic hydroxyl groups is 1. The summed E-state index contributed by atoms with van der Waals surface area (Å²) >= 11 is 1.69. The summed E-state index contributed by atoms with van der Waals surface area (Å²) < 4.78 is 5.23. The summed E-state index contributed by atoms with van der Waals surface area (Å²) in [5.74, 6) is 0.00780. The van der Waals surface area contributed by atoms with Gasteiger partial charge in [0.2, 0.25) is 5.91 Å². The Hall–Kier alpha value is -2.45. The van der Waals surface area contributed by atoms with Crippen LogP contribution in [0.25, 0.3) is 11.3 Å². The number of benzene rings is 1. The number of hydrogen-bond donors (Lipinski definition) is 2. The molecule has 7 nitrogen and oxygen atoms in total. The number of alkyl carbamates (subject to hydrolysis) is 1. The number of aliphatic hydroxyl groups excluding tert-OH is 1. The summed E-state index contributed by atoms with van der Waals surface area (Å²) in [5.41, 5.74) is 4.75. The standard InChI is InChI=1S/C30H43N3O4S/c1-28(2,3)37-27(36)32-23(17-34)26(35)33-14-10-19(11-15-33)25-31-24(18-38-25)20-8-9-21-22(16-20)30(6,7)13-12-29(21,4)5/h8-9,16,18-19,23,34H,10-15,17H2,1-7H3,(H,32,36)/t23-/m1/s1. The highest BCUT2D eigenvalue weighted by Crippen LogP contribution is 2.47. The number of rotatable bonds is 5. The van der Waals surface area contributed by atoms with E-state index in [4.69, 9.17) is 9.72 Å². The first-order valence-electron chi connectivity index (χ1n) is 13.7. The first kappa shape index (κ1) is 28.6. The normalized spacial score (nSPS) is 19.9. The SMILES string of the molecule is CC(C)(C)OC(=O)N[C@H](CO)C(=O)N1CCC(c2nc(-c3ccc4c(c3)C(C)(C)CCC4(C)C)cs2)CC1. The van der Waals surface area contributed by atoms with Gasteiger partial charge in [0.15, 0.2) is 0 Å². The lowest BCUT2D eigenvalue weighted by atomic mass is 9.63. The first-order valence-corrected chi connectivity index (χ1v) is 14.6. The topological polar surface area (TPSA) is 91.8 Å². The molecule has 1 saturated heterocycles. The number of nitrogens with one attached hydrogen (secondary N) is 1. The Morgan fingerprint density at radius 2 is 1.76 bits per heavy atom. The second kappa shape index (κ2) is 10.6. The summed E-state index contributed by atoms with van der Waals surface area (Å²) in [7, 11) is 0. The van der Waals surface area contributed by atoms with E-state index in [9.17, 15) is 14.7 Å². The van der Waals surface area contributed by atoms with Crippen LogP contribution in [-0.2, 0) is 20.4 Å². The molecule has 1 fully saturated rings. The van der Waals surface area contributed by atoms with Gasteiger partial charge in [0.25, 0.3) is 0 Å². The Balaban J connectivity index is 1.40. The maximum absolute atomic E-state index is 13.0. The molecule has 1 aliphatic carbocycles. The molecule has 38 heavy (non-hydrogen) atoms. The average Bonchev–Trinajstić information content (AvgIpc) is 3.34. The van der Waals surface area contributed by atoms with Crippen molar-refractivity contribution in [3.05, 3.63) is 39.7 Å². The molecular weight excluding hydrogens is 498 g/mol. The summed E-state index contributed by atoms with van der Waals surface area (Å²) in [6, 6.07) is 5.86. The van der Waals surface area contributed by atoms with Crippen LogP contribution < -0.4 is 5.32 Å². The highest BCUT2D eigenvalue weighted by atomic mass is 32.1. The summed E-state index contributed by atoms with van der Waals surface area (Å²) in [6.45, 7) is 15.3. The van der Waals surface area contributed by atoms with Crippen LogP contribution in [0.2, 0.25) is 0 Å². The molecule has 0 spiro atoms. The fourth-order valence-electron chi connectivity index (χ4n) is 5.56. The number of thiazole rings is 1. The van der Waals surface area contributed by atoms with Gasteiger partial charge in [-0.25, -0.2) is 9.78 Å². The molecule has 2 N–H and O–H groups in total. The third kappa shape index (κ3) is 6.23. The maximum atomic E-state index is 13.0. The highest BCUT2D eigenvalue weighted by Gasteiger charge is 2.37. The molecule has 4 rings (SSSR count). The predicted molar refractivity (Wildman–Crippen MR) is 152 cm³/mol. The molecule has 208 valence electrons. The van der Waals surface area contributed by atoms with E-state index in [2.05, 4.69) is 56.6 Å². The van der Waals surface area contributed by atoms with Gasteiger partial charge in [-0.3, -0.25) is 4.79 Å². The molecule has 1 atom stereocenters. The second-order valence-electron chi connectivity index (χ2n) is 13.1. The van der Waals surface area contributed by atoms with Gasteiger partial charge in [0.05, 0.1) is 17.3 Å². The largest absolute Gasteiger partial charge is 0.444 e. The number of amides is 2. The monoisotopic (exact) mass is 541 g/mol. The molecule has 1 aromatic heterocycles. The minimum Gasteiger partial charge on any atom is -0.444 e. The van der Waals surface area contributed by atoms with Gasteiger partial charge < -0.3 is 20.1 Å². The van der Waals surface area contributed by atoms with Crippen molar-refractivity contribution in [1.29, 1.82) is 0 Å². The van der Waals surface area contributed by atoms with E-state index in [0.29, 0.717) is 13.1 Å². The molecule has 8 heteroatoms. The van der Waals surface area contributed by atoms with Crippen molar-refractivity contribution in [3.8, 4) is 11.3 Å². The van der Waals surface area contributed by atoms with Crippen molar-refractivity contribution < 1.29 is 19.4 Å². The first-order chi connectivity index (χ1) is 17.7. The number of fused-ring (bicyclic) bond motifs is 1. The van der Waals surface area contributed by atoms with Crippen molar-refractivity contribution in [2.24, 2.45) is 0 Å². The zero-order valence-electron chi connectivity index (χ0n) is 23.9. The number of aromatic nitrogens is 1. The smallest absolute Gasteiger partial charge is 0.408 e. The van der Waals surface area contributed by atoms with E-state index in [1.54, 1.807) is 37.0 Å². The number of nitrogens with zero attached hydrogens (tertiary/aromatic N) is 2. The fraction of sp³-hybridized carbons (Fsp3) is 0.633. The molecule has 0 bridgehead atoms. The minimum absolute atomic E-state index is 0.157. The van der Waals surface area contributed by atoms with Crippen molar-refractivity contribution in [2.45, 2.75) is 103 Å². The quantitative estimate of drug-likeness (QED) is 0.503. The van der Waals surface area contributed by atoms with Gasteiger partial charge in [0, 0.05) is 30.0 Å². The summed E-state index contributed by atoms with van der Waals surface area (Å²) in [6.07, 6.45) is 3.28. The third-order valence-electron chi connectivity index (χ3n) is 8.00. The number of carbonyl (C=O) groups excluding carboxylic acids is 2. The Morgan fingerprint density at radius 1 is 1.13 bits per heavy atom. The Morgan fingerprint density at radius 3 is 2.37 bits per heavy atom. The van der Waals surface area contributed by atoms with Gasteiger partial charge in [0.1, 0.15) is 11.6 Å². The Bertz CT molecular complexity index is 1170. The van der Waals surface area contributed by atoms with Crippen molar-refractivity contribution in [3.63, 3.8) is 0 Å². The third-order valence-corrected chi connectivity index (χ3v) is 9.01. The van der Waals surface area contributed by atoms with Gasteiger partial charge in [-0.2, -0.15) is 0 Å². The van der Waals surface area contributed by atoms with Crippen molar-refractivity contribution in [1.82, 2.24) is 15.2 Å². The Kier molecular flexibility index (Phi) is 7.97. The second-order valence-corrected chi connectivity index (χ2v) is 14.0. The zero-order chi connectivity index (χ0) is 27.9. The summed E-state index contributed by atoms with van der Waals surface area (Å²) in [5, 5.41) is 15.5. The minimum atomic E-state index is -1.01. The maximum Gasteiger partial charge on any atom is 0.408 e.